The third kappa shape index (κ3) is 4.09. The molecule has 0 atom stereocenters. The summed E-state index contributed by atoms with van der Waals surface area (Å²) in [4.78, 5) is 25.3. The second-order valence-electron chi connectivity index (χ2n) is 8.44. The molecule has 0 spiro atoms. The molecule has 0 saturated carbocycles. The van der Waals surface area contributed by atoms with Crippen molar-refractivity contribution in [2.45, 2.75) is 26.2 Å². The number of carbonyl (C=O) groups excluding carboxylic acids is 1. The monoisotopic (exact) mass is 479 g/mol. The highest BCUT2D eigenvalue weighted by Gasteiger charge is 2.25. The summed E-state index contributed by atoms with van der Waals surface area (Å²) in [5, 5.41) is 7.68. The highest BCUT2D eigenvalue weighted by molar-refractivity contribution is 7.14. The van der Waals surface area contributed by atoms with Crippen molar-refractivity contribution in [2.24, 2.45) is 11.7 Å². The van der Waals surface area contributed by atoms with Crippen LogP contribution in [-0.2, 0) is 11.2 Å². The summed E-state index contributed by atoms with van der Waals surface area (Å²) in [5.41, 5.74) is 8.84. The summed E-state index contributed by atoms with van der Waals surface area (Å²) >= 11 is 1.52. The molecule has 2 N–H and O–H groups in total. The number of carbonyl (C=O) groups is 1. The number of aromatic nitrogens is 4. The maximum Gasteiger partial charge on any atom is 0.220 e. The zero-order valence-electron chi connectivity index (χ0n) is 19.1. The van der Waals surface area contributed by atoms with Crippen LogP contribution in [0.3, 0.4) is 0 Å². The molecule has 1 aromatic carbocycles. The van der Waals surface area contributed by atoms with Crippen molar-refractivity contribution in [3.05, 3.63) is 53.3 Å². The summed E-state index contributed by atoms with van der Waals surface area (Å²) in [5.74, 6) is 1.15. The van der Waals surface area contributed by atoms with Crippen molar-refractivity contribution in [1.82, 2.24) is 19.6 Å². The average Bonchev–Trinajstić information content (AvgIpc) is 3.49. The Morgan fingerprint density at radius 1 is 1.18 bits per heavy atom. The van der Waals surface area contributed by atoms with Gasteiger partial charge in [0.25, 0.3) is 0 Å². The first kappa shape index (κ1) is 22.3. The van der Waals surface area contributed by atoms with Crippen LogP contribution >= 0.6 is 11.3 Å². The van der Waals surface area contributed by atoms with Crippen LogP contribution in [0, 0.1) is 11.7 Å². The maximum atomic E-state index is 13.3. The van der Waals surface area contributed by atoms with Crippen molar-refractivity contribution in [3.8, 4) is 11.3 Å². The Labute approximate surface area is 200 Å². The van der Waals surface area contributed by atoms with Gasteiger partial charge in [0.15, 0.2) is 16.6 Å². The third-order valence-corrected chi connectivity index (χ3v) is 7.22. The van der Waals surface area contributed by atoms with Crippen molar-refractivity contribution < 1.29 is 9.18 Å². The molecule has 34 heavy (non-hydrogen) atoms. The molecular weight excluding hydrogens is 453 g/mol. The van der Waals surface area contributed by atoms with Gasteiger partial charge < -0.3 is 15.5 Å². The Morgan fingerprint density at radius 3 is 2.59 bits per heavy atom. The summed E-state index contributed by atoms with van der Waals surface area (Å²) in [6, 6.07) is 10.3. The van der Waals surface area contributed by atoms with Crippen LogP contribution in [0.5, 0.6) is 0 Å². The minimum Gasteiger partial charge on any atom is -0.369 e. The fraction of sp³-hybridized carbons (Fsp3) is 0.333. The van der Waals surface area contributed by atoms with Crippen LogP contribution in [-0.4, -0.2) is 45.6 Å². The molecule has 4 aromatic rings. The maximum absolute atomic E-state index is 13.3. The predicted molar refractivity (Wildman–Crippen MR) is 132 cm³/mol. The van der Waals surface area contributed by atoms with Crippen molar-refractivity contribution in [3.63, 3.8) is 0 Å². The fourth-order valence-corrected chi connectivity index (χ4v) is 5.16. The van der Waals surface area contributed by atoms with E-state index >= 15 is 0 Å². The average molecular weight is 480 g/mol. The number of hydrogen-bond donors (Lipinski definition) is 1. The van der Waals surface area contributed by atoms with Gasteiger partial charge in [0.1, 0.15) is 11.6 Å². The lowest BCUT2D eigenvalue weighted by molar-refractivity contribution is -0.122. The number of primary amides is 1. The molecular formula is C24H26FN7OS. The Bertz CT molecular complexity index is 1330. The number of rotatable bonds is 6. The van der Waals surface area contributed by atoms with E-state index in [0.29, 0.717) is 0 Å². The molecule has 1 amide bonds. The van der Waals surface area contributed by atoms with Gasteiger partial charge in [0.05, 0.1) is 11.4 Å². The molecule has 0 aliphatic carbocycles. The lowest BCUT2D eigenvalue weighted by atomic mass is 9.96. The highest BCUT2D eigenvalue weighted by atomic mass is 32.1. The number of thiazole rings is 1. The van der Waals surface area contributed by atoms with E-state index in [-0.39, 0.29) is 17.6 Å². The van der Waals surface area contributed by atoms with Gasteiger partial charge in [-0.2, -0.15) is 4.52 Å². The van der Waals surface area contributed by atoms with Crippen LogP contribution in [0.15, 0.2) is 41.8 Å². The van der Waals surface area contributed by atoms with E-state index in [4.69, 9.17) is 20.8 Å². The van der Waals surface area contributed by atoms with Crippen LogP contribution in [0.1, 0.15) is 25.5 Å². The Balaban J connectivity index is 1.47. The largest absolute Gasteiger partial charge is 0.369 e. The molecule has 0 bridgehead atoms. The number of hydrogen-bond acceptors (Lipinski definition) is 7. The Hall–Kier alpha value is -3.53. The number of benzene rings is 1. The molecule has 1 fully saturated rings. The molecule has 0 unspecified atom stereocenters. The topological polar surface area (TPSA) is 92.7 Å². The quantitative estimate of drug-likeness (QED) is 0.449. The van der Waals surface area contributed by atoms with Gasteiger partial charge in [-0.05, 0) is 55.7 Å². The minimum atomic E-state index is -0.268. The third-order valence-electron chi connectivity index (χ3n) is 6.30. The van der Waals surface area contributed by atoms with Gasteiger partial charge >= 0.3 is 0 Å². The molecule has 4 heterocycles. The van der Waals surface area contributed by atoms with Gasteiger partial charge in [0, 0.05) is 37.0 Å². The van der Waals surface area contributed by atoms with E-state index in [1.54, 1.807) is 12.1 Å². The predicted octanol–water partition coefficient (Wildman–Crippen LogP) is 4.02. The van der Waals surface area contributed by atoms with E-state index in [1.165, 1.54) is 23.5 Å². The number of piperidine rings is 1. The zero-order valence-corrected chi connectivity index (χ0v) is 19.9. The first-order chi connectivity index (χ1) is 16.4. The van der Waals surface area contributed by atoms with Gasteiger partial charge in [0.2, 0.25) is 5.91 Å². The van der Waals surface area contributed by atoms with E-state index in [2.05, 4.69) is 11.8 Å². The van der Waals surface area contributed by atoms with Gasteiger partial charge in [-0.25, -0.2) is 14.4 Å². The van der Waals surface area contributed by atoms with E-state index < -0.39 is 0 Å². The van der Waals surface area contributed by atoms with Gasteiger partial charge in [-0.3, -0.25) is 4.79 Å². The van der Waals surface area contributed by atoms with E-state index in [1.807, 2.05) is 34.0 Å². The molecule has 5 rings (SSSR count). The minimum absolute atomic E-state index is 0.0678. The van der Waals surface area contributed by atoms with Crippen LogP contribution in [0.2, 0.25) is 0 Å². The number of imidazole rings is 1. The first-order valence-electron chi connectivity index (χ1n) is 11.3. The number of amides is 1. The van der Waals surface area contributed by atoms with E-state index in [0.717, 1.165) is 71.7 Å². The first-order valence-corrected chi connectivity index (χ1v) is 12.2. The molecule has 0 radical (unpaired) electrons. The van der Waals surface area contributed by atoms with Gasteiger partial charge in [-0.15, -0.1) is 16.4 Å². The SMILES string of the molecule is CCc1nc2ccc(N3CCC(C(N)=O)CC3)nn2c1N(C)c1nc(-c2ccc(F)cc2)cs1. The van der Waals surface area contributed by atoms with Crippen LogP contribution in [0.25, 0.3) is 16.9 Å². The number of nitrogens with two attached hydrogens (primary N) is 1. The molecule has 8 nitrogen and oxygen atoms in total. The fourth-order valence-electron chi connectivity index (χ4n) is 4.35. The molecule has 1 saturated heterocycles. The van der Waals surface area contributed by atoms with Crippen LogP contribution in [0.4, 0.5) is 21.2 Å². The number of fused-ring (bicyclic) bond motifs is 1. The van der Waals surface area contributed by atoms with Crippen molar-refractivity contribution in [2.75, 3.05) is 29.9 Å². The molecule has 1 aliphatic heterocycles. The summed E-state index contributed by atoms with van der Waals surface area (Å²) < 4.78 is 15.2. The Kier molecular flexibility index (Phi) is 5.91. The highest BCUT2D eigenvalue weighted by Crippen LogP contribution is 2.34. The summed E-state index contributed by atoms with van der Waals surface area (Å²) in [7, 11) is 1.96. The lowest BCUT2D eigenvalue weighted by Gasteiger charge is -2.31. The smallest absolute Gasteiger partial charge is 0.220 e. The van der Waals surface area contributed by atoms with Crippen molar-refractivity contribution in [1.29, 1.82) is 0 Å². The number of halogens is 1. The zero-order chi connectivity index (χ0) is 23.8. The van der Waals surface area contributed by atoms with E-state index in [9.17, 15) is 9.18 Å². The van der Waals surface area contributed by atoms with Crippen LogP contribution < -0.4 is 15.5 Å². The molecule has 1 aliphatic rings. The molecule has 176 valence electrons. The number of anilines is 3. The number of aryl methyl sites for hydroxylation is 1. The molecule has 10 heteroatoms. The van der Waals surface area contributed by atoms with Crippen molar-refractivity contribution >= 4 is 39.7 Å². The number of nitrogens with zero attached hydrogens (tertiary/aromatic N) is 6. The molecule has 3 aromatic heterocycles. The summed E-state index contributed by atoms with van der Waals surface area (Å²) in [6.45, 7) is 3.54. The lowest BCUT2D eigenvalue weighted by Crippen LogP contribution is -2.39. The normalized spacial score (nSPS) is 14.6. The summed E-state index contributed by atoms with van der Waals surface area (Å²) in [6.07, 6.45) is 2.22. The standard InChI is InChI=1S/C24H26FN7OS/c1-3-18-23(30(2)24-28-19(14-34-24)15-4-6-17(25)7-5-15)32-20(27-18)8-9-21(29-32)31-12-10-16(11-13-31)22(26)33/h4-9,14,16H,3,10-13H2,1-2H3,(H2,26,33). The second kappa shape index (κ2) is 9.02. The van der Waals surface area contributed by atoms with Gasteiger partial charge in [-0.1, -0.05) is 6.92 Å². The second-order valence-corrected chi connectivity index (χ2v) is 9.28. The Morgan fingerprint density at radius 2 is 1.91 bits per heavy atom.